The molecule has 90 valence electrons. The lowest BCUT2D eigenvalue weighted by Gasteiger charge is -2.07. The molecule has 0 spiro atoms. The second-order valence-corrected chi connectivity index (χ2v) is 3.46. The molecule has 0 heterocycles. The van der Waals surface area contributed by atoms with Crippen LogP contribution in [0.5, 0.6) is 5.75 Å². The summed E-state index contributed by atoms with van der Waals surface area (Å²) in [5.74, 6) is -0.169. The first-order chi connectivity index (χ1) is 8.13. The third kappa shape index (κ3) is 4.51. The molecule has 0 unspecified atom stereocenters. The Labute approximate surface area is 99.0 Å². The van der Waals surface area contributed by atoms with Gasteiger partial charge in [0, 0.05) is 6.54 Å². The zero-order chi connectivity index (χ0) is 12.7. The summed E-state index contributed by atoms with van der Waals surface area (Å²) in [6, 6.07) is 6.19. The molecule has 0 bridgehead atoms. The van der Waals surface area contributed by atoms with Gasteiger partial charge in [0.2, 0.25) is 0 Å². The largest absolute Gasteiger partial charge is 0.484 e. The van der Waals surface area contributed by atoms with Crippen LogP contribution in [-0.4, -0.2) is 19.1 Å². The molecule has 1 N–H and O–H groups in total. The van der Waals surface area contributed by atoms with Crippen molar-refractivity contribution in [2.75, 3.05) is 13.2 Å². The third-order valence-corrected chi connectivity index (χ3v) is 2.06. The quantitative estimate of drug-likeness (QED) is 0.789. The van der Waals surface area contributed by atoms with Gasteiger partial charge in [-0.05, 0) is 30.7 Å². The van der Waals surface area contributed by atoms with Crippen molar-refractivity contribution in [3.05, 3.63) is 29.6 Å². The topological polar surface area (TPSA) is 62.1 Å². The highest BCUT2D eigenvalue weighted by molar-refractivity contribution is 5.77. The highest BCUT2D eigenvalue weighted by atomic mass is 19.1. The molecular formula is C12H13FN2O2. The first kappa shape index (κ1) is 13.0. The summed E-state index contributed by atoms with van der Waals surface area (Å²) in [5.41, 5.74) is 0.465. The molecule has 1 aromatic carbocycles. The number of amides is 1. The van der Waals surface area contributed by atoms with Crippen molar-refractivity contribution in [2.45, 2.75) is 13.3 Å². The van der Waals surface area contributed by atoms with Gasteiger partial charge in [-0.1, -0.05) is 0 Å². The van der Waals surface area contributed by atoms with Crippen LogP contribution in [0.25, 0.3) is 0 Å². The summed E-state index contributed by atoms with van der Waals surface area (Å²) >= 11 is 0. The summed E-state index contributed by atoms with van der Waals surface area (Å²) in [5, 5.41) is 10.8. The van der Waals surface area contributed by atoms with Crippen LogP contribution < -0.4 is 10.1 Å². The minimum Gasteiger partial charge on any atom is -0.484 e. The Hall–Kier alpha value is -2.09. The third-order valence-electron chi connectivity index (χ3n) is 2.06. The molecule has 0 fully saturated rings. The molecule has 0 aliphatic rings. The number of benzene rings is 1. The molecule has 4 nitrogen and oxygen atoms in total. The van der Waals surface area contributed by atoms with Crippen LogP contribution in [0.1, 0.15) is 12.0 Å². The van der Waals surface area contributed by atoms with E-state index < -0.39 is 0 Å². The number of halogens is 1. The summed E-state index contributed by atoms with van der Waals surface area (Å²) in [7, 11) is 0. The van der Waals surface area contributed by atoms with Crippen LogP contribution in [0.3, 0.4) is 0 Å². The number of nitrogens with zero attached hydrogens (tertiary/aromatic N) is 1. The molecule has 0 saturated heterocycles. The van der Waals surface area contributed by atoms with E-state index in [-0.39, 0.29) is 24.8 Å². The summed E-state index contributed by atoms with van der Waals surface area (Å²) in [6.07, 6.45) is 0.265. The number of aryl methyl sites for hydroxylation is 1. The van der Waals surface area contributed by atoms with E-state index in [0.717, 1.165) is 0 Å². The van der Waals surface area contributed by atoms with Crippen molar-refractivity contribution in [1.29, 1.82) is 5.26 Å². The lowest BCUT2D eigenvalue weighted by Crippen LogP contribution is -2.29. The number of carbonyl (C=O) groups is 1. The fourth-order valence-corrected chi connectivity index (χ4v) is 1.16. The molecule has 0 aliphatic carbocycles. The van der Waals surface area contributed by atoms with Gasteiger partial charge >= 0.3 is 0 Å². The Morgan fingerprint density at radius 3 is 3.00 bits per heavy atom. The van der Waals surface area contributed by atoms with Crippen LogP contribution in [0.2, 0.25) is 0 Å². The lowest BCUT2D eigenvalue weighted by atomic mass is 10.2. The van der Waals surface area contributed by atoms with E-state index in [0.29, 0.717) is 17.9 Å². The molecule has 5 heteroatoms. The zero-order valence-electron chi connectivity index (χ0n) is 9.50. The Kier molecular flexibility index (Phi) is 4.95. The van der Waals surface area contributed by atoms with E-state index in [9.17, 15) is 9.18 Å². The van der Waals surface area contributed by atoms with E-state index in [4.69, 9.17) is 10.00 Å². The molecular weight excluding hydrogens is 223 g/mol. The average Bonchev–Trinajstić information content (AvgIpc) is 2.31. The molecule has 0 aromatic heterocycles. The number of carbonyl (C=O) groups excluding carboxylic acids is 1. The Morgan fingerprint density at radius 2 is 2.35 bits per heavy atom. The van der Waals surface area contributed by atoms with Crippen LogP contribution in [0.15, 0.2) is 18.2 Å². The Balaban J connectivity index is 2.37. The Bertz CT molecular complexity index is 441. The maximum Gasteiger partial charge on any atom is 0.257 e. The van der Waals surface area contributed by atoms with Gasteiger partial charge in [0.1, 0.15) is 11.6 Å². The van der Waals surface area contributed by atoms with Crippen LogP contribution in [-0.2, 0) is 4.79 Å². The maximum absolute atomic E-state index is 12.9. The number of ether oxygens (including phenoxy) is 1. The van der Waals surface area contributed by atoms with Crippen LogP contribution in [0, 0.1) is 24.1 Å². The zero-order valence-corrected chi connectivity index (χ0v) is 9.50. The second-order valence-electron chi connectivity index (χ2n) is 3.46. The number of rotatable bonds is 5. The molecule has 1 amide bonds. The van der Waals surface area contributed by atoms with E-state index in [1.165, 1.54) is 18.2 Å². The predicted molar refractivity (Wildman–Crippen MR) is 59.9 cm³/mol. The standard InChI is InChI=1S/C12H13FN2O2/c1-9-7-10(3-4-11(9)13)17-8-12(16)15-6-2-5-14/h3-4,7H,2,6,8H2,1H3,(H,15,16). The predicted octanol–water partition coefficient (Wildman–Crippen LogP) is 1.54. The van der Waals surface area contributed by atoms with Gasteiger partial charge in [-0.25, -0.2) is 4.39 Å². The SMILES string of the molecule is Cc1cc(OCC(=O)NCCC#N)ccc1F. The van der Waals surface area contributed by atoms with Gasteiger partial charge in [0.25, 0.3) is 5.91 Å². The van der Waals surface area contributed by atoms with Crippen molar-refractivity contribution in [2.24, 2.45) is 0 Å². The number of nitrogens with one attached hydrogen (secondary N) is 1. The highest BCUT2D eigenvalue weighted by Crippen LogP contribution is 2.15. The molecule has 0 aliphatic heterocycles. The first-order valence-corrected chi connectivity index (χ1v) is 5.16. The lowest BCUT2D eigenvalue weighted by molar-refractivity contribution is -0.123. The second kappa shape index (κ2) is 6.48. The molecule has 0 radical (unpaired) electrons. The molecule has 1 aromatic rings. The summed E-state index contributed by atoms with van der Waals surface area (Å²) in [4.78, 5) is 11.2. The number of hydrogen-bond donors (Lipinski definition) is 1. The molecule has 17 heavy (non-hydrogen) atoms. The molecule has 1 rings (SSSR count). The minimum absolute atomic E-state index is 0.142. The van der Waals surface area contributed by atoms with Gasteiger partial charge < -0.3 is 10.1 Å². The van der Waals surface area contributed by atoms with Crippen molar-refractivity contribution in [1.82, 2.24) is 5.32 Å². The minimum atomic E-state index is -0.309. The highest BCUT2D eigenvalue weighted by Gasteiger charge is 2.03. The monoisotopic (exact) mass is 236 g/mol. The fourth-order valence-electron chi connectivity index (χ4n) is 1.16. The fraction of sp³-hybridized carbons (Fsp3) is 0.333. The van der Waals surface area contributed by atoms with Crippen molar-refractivity contribution in [3.63, 3.8) is 0 Å². The summed E-state index contributed by atoms with van der Waals surface area (Å²) in [6.45, 7) is 1.78. The number of hydrogen-bond acceptors (Lipinski definition) is 3. The molecule has 0 saturated carbocycles. The van der Waals surface area contributed by atoms with E-state index in [2.05, 4.69) is 5.32 Å². The van der Waals surface area contributed by atoms with E-state index >= 15 is 0 Å². The van der Waals surface area contributed by atoms with Gasteiger partial charge in [-0.15, -0.1) is 0 Å². The van der Waals surface area contributed by atoms with Gasteiger partial charge in [0.05, 0.1) is 12.5 Å². The van der Waals surface area contributed by atoms with E-state index in [1.807, 2.05) is 6.07 Å². The van der Waals surface area contributed by atoms with E-state index in [1.54, 1.807) is 6.92 Å². The maximum atomic E-state index is 12.9. The normalized spacial score (nSPS) is 9.47. The smallest absolute Gasteiger partial charge is 0.257 e. The Morgan fingerprint density at radius 1 is 1.59 bits per heavy atom. The average molecular weight is 236 g/mol. The van der Waals surface area contributed by atoms with Gasteiger partial charge in [-0.2, -0.15) is 5.26 Å². The van der Waals surface area contributed by atoms with Crippen LogP contribution >= 0.6 is 0 Å². The number of nitriles is 1. The van der Waals surface area contributed by atoms with Crippen molar-refractivity contribution in [3.8, 4) is 11.8 Å². The van der Waals surface area contributed by atoms with Crippen LogP contribution in [0.4, 0.5) is 4.39 Å². The first-order valence-electron chi connectivity index (χ1n) is 5.16. The van der Waals surface area contributed by atoms with Crippen molar-refractivity contribution < 1.29 is 13.9 Å². The summed E-state index contributed by atoms with van der Waals surface area (Å²) < 4.78 is 18.1. The van der Waals surface area contributed by atoms with Gasteiger partial charge in [0.15, 0.2) is 6.61 Å². The molecule has 0 atom stereocenters. The van der Waals surface area contributed by atoms with Gasteiger partial charge in [-0.3, -0.25) is 4.79 Å². The van der Waals surface area contributed by atoms with Crippen molar-refractivity contribution >= 4 is 5.91 Å².